The van der Waals surface area contributed by atoms with Gasteiger partial charge in [-0.2, -0.15) is 5.10 Å². The SMILES string of the molecule is Cc1nn(Cc2ccc(Cl)cc2Cl)c(Cl)c1CNCC(C)Cn1ccnc1. The Hall–Kier alpha value is -1.53. The highest BCUT2D eigenvalue weighted by Crippen LogP contribution is 2.25. The molecular formula is C19H22Cl3N5. The lowest BCUT2D eigenvalue weighted by Crippen LogP contribution is -2.23. The van der Waals surface area contributed by atoms with Crippen LogP contribution in [0.15, 0.2) is 36.9 Å². The number of aromatic nitrogens is 4. The number of imidazole rings is 1. The van der Waals surface area contributed by atoms with Crippen molar-refractivity contribution in [2.75, 3.05) is 6.54 Å². The van der Waals surface area contributed by atoms with Crippen LogP contribution in [0.5, 0.6) is 0 Å². The van der Waals surface area contributed by atoms with E-state index >= 15 is 0 Å². The fraction of sp³-hybridized carbons (Fsp3) is 0.368. The van der Waals surface area contributed by atoms with Crippen LogP contribution in [-0.2, 0) is 19.6 Å². The Balaban J connectivity index is 1.60. The summed E-state index contributed by atoms with van der Waals surface area (Å²) < 4.78 is 3.86. The van der Waals surface area contributed by atoms with Gasteiger partial charge in [-0.1, -0.05) is 47.8 Å². The van der Waals surface area contributed by atoms with Crippen molar-refractivity contribution in [1.82, 2.24) is 24.6 Å². The van der Waals surface area contributed by atoms with Crippen LogP contribution in [0, 0.1) is 12.8 Å². The highest BCUT2D eigenvalue weighted by atomic mass is 35.5. The Labute approximate surface area is 174 Å². The maximum Gasteiger partial charge on any atom is 0.132 e. The minimum absolute atomic E-state index is 0.473. The van der Waals surface area contributed by atoms with E-state index in [1.165, 1.54) is 0 Å². The monoisotopic (exact) mass is 425 g/mol. The summed E-state index contributed by atoms with van der Waals surface area (Å²) in [7, 11) is 0. The smallest absolute Gasteiger partial charge is 0.132 e. The van der Waals surface area contributed by atoms with Crippen LogP contribution in [0.1, 0.15) is 23.7 Å². The lowest BCUT2D eigenvalue weighted by atomic mass is 10.1. The summed E-state index contributed by atoms with van der Waals surface area (Å²) >= 11 is 18.8. The molecule has 27 heavy (non-hydrogen) atoms. The zero-order valence-electron chi connectivity index (χ0n) is 15.3. The molecular weight excluding hydrogens is 405 g/mol. The fourth-order valence-electron chi connectivity index (χ4n) is 2.97. The van der Waals surface area contributed by atoms with Crippen molar-refractivity contribution in [3.05, 3.63) is 68.9 Å². The van der Waals surface area contributed by atoms with Crippen molar-refractivity contribution in [2.24, 2.45) is 5.92 Å². The van der Waals surface area contributed by atoms with Gasteiger partial charge in [-0.25, -0.2) is 9.67 Å². The molecule has 1 unspecified atom stereocenters. The standard InChI is InChI=1S/C19H22Cl3N5/c1-13(10-26-6-5-23-12-26)8-24-9-17-14(2)25-27(19(17)22)11-15-3-4-16(20)7-18(15)21/h3-7,12-13,24H,8-11H2,1-2H3. The molecule has 144 valence electrons. The third kappa shape index (κ3) is 5.26. The molecule has 0 aliphatic carbocycles. The van der Waals surface area contributed by atoms with Gasteiger partial charge in [-0.15, -0.1) is 0 Å². The van der Waals surface area contributed by atoms with Gasteiger partial charge in [0.05, 0.1) is 18.6 Å². The second-order valence-corrected chi connectivity index (χ2v) is 7.95. The van der Waals surface area contributed by atoms with Crippen molar-refractivity contribution in [1.29, 1.82) is 0 Å². The van der Waals surface area contributed by atoms with E-state index in [2.05, 4.69) is 26.9 Å². The molecule has 1 aromatic carbocycles. The van der Waals surface area contributed by atoms with Crippen LogP contribution in [0.25, 0.3) is 0 Å². The first-order valence-electron chi connectivity index (χ1n) is 8.76. The van der Waals surface area contributed by atoms with E-state index in [9.17, 15) is 0 Å². The van der Waals surface area contributed by atoms with Crippen LogP contribution in [-0.4, -0.2) is 25.9 Å². The summed E-state index contributed by atoms with van der Waals surface area (Å²) in [4.78, 5) is 4.07. The van der Waals surface area contributed by atoms with Crippen LogP contribution >= 0.6 is 34.8 Å². The second-order valence-electron chi connectivity index (χ2n) is 6.74. The third-order valence-corrected chi connectivity index (χ3v) is 5.40. The molecule has 1 atom stereocenters. The van der Waals surface area contributed by atoms with Crippen LogP contribution in [0.4, 0.5) is 0 Å². The first-order chi connectivity index (χ1) is 12.9. The minimum atomic E-state index is 0.473. The molecule has 0 aliphatic heterocycles. The van der Waals surface area contributed by atoms with Gasteiger partial charge in [-0.05, 0) is 37.1 Å². The second kappa shape index (κ2) is 9.11. The maximum absolute atomic E-state index is 6.57. The summed E-state index contributed by atoms with van der Waals surface area (Å²) in [5, 5.41) is 9.90. The molecule has 1 N–H and O–H groups in total. The topological polar surface area (TPSA) is 47.7 Å². The van der Waals surface area contributed by atoms with E-state index < -0.39 is 0 Å². The molecule has 2 heterocycles. The number of nitrogens with one attached hydrogen (secondary N) is 1. The zero-order valence-corrected chi connectivity index (χ0v) is 17.6. The Kier molecular flexibility index (Phi) is 6.82. The van der Waals surface area contributed by atoms with Crippen molar-refractivity contribution >= 4 is 34.8 Å². The van der Waals surface area contributed by atoms with Crippen molar-refractivity contribution in [3.8, 4) is 0 Å². The average molecular weight is 427 g/mol. The molecule has 0 saturated carbocycles. The molecule has 5 nitrogen and oxygen atoms in total. The van der Waals surface area contributed by atoms with Gasteiger partial charge in [0.25, 0.3) is 0 Å². The molecule has 2 aromatic heterocycles. The van der Waals surface area contributed by atoms with E-state index in [0.717, 1.165) is 29.9 Å². The summed E-state index contributed by atoms with van der Waals surface area (Å²) in [6.45, 7) is 7.15. The molecule has 0 saturated heterocycles. The van der Waals surface area contributed by atoms with Crippen LogP contribution in [0.2, 0.25) is 15.2 Å². The van der Waals surface area contributed by atoms with Gasteiger partial charge in [0.2, 0.25) is 0 Å². The number of aryl methyl sites for hydroxylation is 1. The third-order valence-electron chi connectivity index (χ3n) is 4.39. The molecule has 3 aromatic rings. The highest BCUT2D eigenvalue weighted by molar-refractivity contribution is 6.35. The normalized spacial score (nSPS) is 12.5. The van der Waals surface area contributed by atoms with E-state index in [4.69, 9.17) is 34.8 Å². The molecule has 0 radical (unpaired) electrons. The lowest BCUT2D eigenvalue weighted by Gasteiger charge is -2.13. The molecule has 3 rings (SSSR count). The Bertz CT molecular complexity index is 889. The predicted molar refractivity (Wildman–Crippen MR) is 111 cm³/mol. The molecule has 8 heteroatoms. The van der Waals surface area contributed by atoms with Gasteiger partial charge in [0.1, 0.15) is 5.15 Å². The van der Waals surface area contributed by atoms with E-state index in [1.54, 1.807) is 16.9 Å². The van der Waals surface area contributed by atoms with Crippen molar-refractivity contribution in [3.63, 3.8) is 0 Å². The first-order valence-corrected chi connectivity index (χ1v) is 9.89. The molecule has 0 aliphatic rings. The zero-order chi connectivity index (χ0) is 19.4. The highest BCUT2D eigenvalue weighted by Gasteiger charge is 2.15. The Morgan fingerprint density at radius 2 is 2.04 bits per heavy atom. The Morgan fingerprint density at radius 3 is 2.74 bits per heavy atom. The van der Waals surface area contributed by atoms with Crippen molar-refractivity contribution in [2.45, 2.75) is 33.5 Å². The average Bonchev–Trinajstić information content (AvgIpc) is 3.20. The summed E-state index contributed by atoms with van der Waals surface area (Å²) in [6.07, 6.45) is 5.61. The van der Waals surface area contributed by atoms with E-state index in [0.29, 0.717) is 34.2 Å². The fourth-order valence-corrected chi connectivity index (χ4v) is 3.74. The maximum atomic E-state index is 6.57. The molecule has 0 bridgehead atoms. The summed E-state index contributed by atoms with van der Waals surface area (Å²) in [5.74, 6) is 0.473. The van der Waals surface area contributed by atoms with Gasteiger partial charge >= 0.3 is 0 Å². The number of benzene rings is 1. The van der Waals surface area contributed by atoms with E-state index in [1.807, 2.05) is 31.6 Å². The largest absolute Gasteiger partial charge is 0.337 e. The molecule has 0 spiro atoms. The number of nitrogens with zero attached hydrogens (tertiary/aromatic N) is 4. The van der Waals surface area contributed by atoms with Crippen LogP contribution in [0.3, 0.4) is 0 Å². The molecule has 0 amide bonds. The number of halogens is 3. The quantitative estimate of drug-likeness (QED) is 0.561. The van der Waals surface area contributed by atoms with Crippen LogP contribution < -0.4 is 5.32 Å². The summed E-state index contributed by atoms with van der Waals surface area (Å²) in [6, 6.07) is 5.44. The molecule has 0 fully saturated rings. The number of hydrogen-bond donors (Lipinski definition) is 1. The number of rotatable bonds is 8. The van der Waals surface area contributed by atoms with Gasteiger partial charge in [0, 0.05) is 41.1 Å². The Morgan fingerprint density at radius 1 is 1.22 bits per heavy atom. The van der Waals surface area contributed by atoms with Gasteiger partial charge in [-0.3, -0.25) is 0 Å². The van der Waals surface area contributed by atoms with E-state index in [-0.39, 0.29) is 0 Å². The van der Waals surface area contributed by atoms with Gasteiger partial charge in [0.15, 0.2) is 0 Å². The number of hydrogen-bond acceptors (Lipinski definition) is 3. The first kappa shape index (κ1) is 20.2. The predicted octanol–water partition coefficient (Wildman–Crippen LogP) is 4.82. The lowest BCUT2D eigenvalue weighted by molar-refractivity contribution is 0.444. The summed E-state index contributed by atoms with van der Waals surface area (Å²) in [5.41, 5.74) is 2.86. The van der Waals surface area contributed by atoms with Gasteiger partial charge < -0.3 is 9.88 Å². The van der Waals surface area contributed by atoms with Crippen molar-refractivity contribution < 1.29 is 0 Å². The minimum Gasteiger partial charge on any atom is -0.337 e.